The van der Waals surface area contributed by atoms with Gasteiger partial charge in [0.1, 0.15) is 29.9 Å². The Balaban J connectivity index is 0.000000654. The molecule has 0 spiro atoms. The number of quaternary nitrogens is 1. The molecule has 0 radical (unpaired) electrons. The van der Waals surface area contributed by atoms with Gasteiger partial charge in [0, 0.05) is 28.3 Å². The number of ketones is 1. The zero-order chi connectivity index (χ0) is 37.1. The number of para-hydroxylation sites is 1. The number of benzene rings is 3. The van der Waals surface area contributed by atoms with Crippen LogP contribution in [0.2, 0.25) is 5.02 Å². The van der Waals surface area contributed by atoms with Crippen molar-refractivity contribution >= 4 is 45.8 Å². The molecule has 1 aliphatic heterocycles. The molecule has 3 aromatic carbocycles. The molecule has 3 N–H and O–H groups in total. The number of fused-ring (bicyclic) bond motifs is 2. The number of halogens is 7. The number of aliphatic carboxylic acids is 1. The van der Waals surface area contributed by atoms with E-state index >= 15 is 0 Å². The highest BCUT2D eigenvalue weighted by Gasteiger charge is 2.31. The van der Waals surface area contributed by atoms with Crippen molar-refractivity contribution in [1.29, 1.82) is 0 Å². The average molecular weight is 726 g/mol. The number of carbonyl (C=O) groups excluding carboxylic acids is 2. The lowest BCUT2D eigenvalue weighted by atomic mass is 10.0. The van der Waals surface area contributed by atoms with E-state index in [4.69, 9.17) is 21.5 Å². The molecule has 1 aliphatic rings. The van der Waals surface area contributed by atoms with Gasteiger partial charge in [-0.25, -0.2) is 4.98 Å². The number of rotatable bonds is 4. The third-order valence-electron chi connectivity index (χ3n) is 7.37. The van der Waals surface area contributed by atoms with E-state index in [9.17, 15) is 35.9 Å². The molecule has 0 fully saturated rings. The maximum atomic E-state index is 14.3. The third kappa shape index (κ3) is 7.93. The maximum absolute atomic E-state index is 14.3. The summed E-state index contributed by atoms with van der Waals surface area (Å²) in [6, 6.07) is 17.9. The summed E-state index contributed by atoms with van der Waals surface area (Å²) in [6.45, 7) is 1.81. The van der Waals surface area contributed by atoms with Gasteiger partial charge in [0.25, 0.3) is 5.56 Å². The van der Waals surface area contributed by atoms with Crippen molar-refractivity contribution in [2.75, 3.05) is 5.32 Å². The van der Waals surface area contributed by atoms with Crippen LogP contribution in [0.1, 0.15) is 45.7 Å². The summed E-state index contributed by atoms with van der Waals surface area (Å²) in [7, 11) is 0. The van der Waals surface area contributed by atoms with E-state index in [1.807, 2.05) is 13.0 Å². The predicted octanol–water partition coefficient (Wildman–Crippen LogP) is 5.23. The van der Waals surface area contributed by atoms with Crippen LogP contribution < -0.4 is 21.3 Å². The first-order valence-corrected chi connectivity index (χ1v) is 15.0. The standard InChI is InChI=1S/C33H21ClF3N5O2.C2HF3O2/c1-19(41-31-27-25(43)16-17-38-30(27)39-18-40-31)29-28(34)24-9-5-6-21(13-10-20-11-14-22(15-12-20)33(35,36)37)26(24)32(44)42(29)23-7-3-2-4-8-23;3-2(4,5)1(6)7/h2-9,11-12,14-19H,1H3,(H2,38,39,40,41,43);(H,6,7)/t19-;/m0./s1. The number of carboxylic acids is 1. The van der Waals surface area contributed by atoms with Gasteiger partial charge in [0.2, 0.25) is 11.6 Å². The second-order valence-corrected chi connectivity index (χ2v) is 11.1. The number of aromatic nitrogens is 3. The highest BCUT2D eigenvalue weighted by Crippen LogP contribution is 2.34. The van der Waals surface area contributed by atoms with E-state index in [2.05, 4.69) is 27.1 Å². The monoisotopic (exact) mass is 725 g/mol. The van der Waals surface area contributed by atoms with E-state index in [1.54, 1.807) is 54.0 Å². The number of alkyl halides is 6. The molecule has 0 bridgehead atoms. The number of allylic oxidation sites excluding steroid dienone is 1. The van der Waals surface area contributed by atoms with Gasteiger partial charge in [0.05, 0.1) is 27.7 Å². The number of carbonyl (C=O) groups is 2. The Hall–Kier alpha value is -5.98. The molecular formula is C35H22ClF6N5O4. The van der Waals surface area contributed by atoms with Crippen molar-refractivity contribution < 1.29 is 46.4 Å². The minimum atomic E-state index is -5.19. The molecule has 5 aromatic rings. The van der Waals surface area contributed by atoms with Crippen LogP contribution in [-0.4, -0.2) is 32.5 Å². The Kier molecular flexibility index (Phi) is 10.3. The Morgan fingerprint density at radius 2 is 1.61 bits per heavy atom. The SMILES string of the molecule is C[C@H](Nc1ncnc2c1C(=O)C=C[NH2+]2)c1c(Cl)c2cccc(C#Cc3ccc(C(F)(F)F)cc3)c2c(=O)n1-c1ccccc1.O=C([O-])C(F)(F)F. The molecule has 3 heterocycles. The second kappa shape index (κ2) is 14.5. The molecular weight excluding hydrogens is 704 g/mol. The summed E-state index contributed by atoms with van der Waals surface area (Å²) in [6.07, 6.45) is -5.25. The van der Waals surface area contributed by atoms with Crippen molar-refractivity contribution in [3.05, 3.63) is 135 Å². The highest BCUT2D eigenvalue weighted by molar-refractivity contribution is 6.36. The van der Waals surface area contributed by atoms with Crippen molar-refractivity contribution in [2.45, 2.75) is 25.3 Å². The first-order valence-electron chi connectivity index (χ1n) is 14.6. The highest BCUT2D eigenvalue weighted by atomic mass is 35.5. The van der Waals surface area contributed by atoms with Crippen LogP contribution in [0, 0.1) is 11.8 Å². The Morgan fingerprint density at radius 1 is 0.941 bits per heavy atom. The summed E-state index contributed by atoms with van der Waals surface area (Å²) in [5.41, 5.74) is 0.841. The van der Waals surface area contributed by atoms with E-state index in [0.717, 1.165) is 12.1 Å². The number of hydrogen-bond acceptors (Lipinski definition) is 7. The number of nitrogens with two attached hydrogens (primary N) is 1. The van der Waals surface area contributed by atoms with Gasteiger partial charge in [0.15, 0.2) is 0 Å². The lowest BCUT2D eigenvalue weighted by molar-refractivity contribution is -0.501. The van der Waals surface area contributed by atoms with Crippen molar-refractivity contribution in [2.24, 2.45) is 0 Å². The zero-order valence-corrected chi connectivity index (χ0v) is 26.7. The van der Waals surface area contributed by atoms with E-state index in [0.29, 0.717) is 45.1 Å². The first kappa shape index (κ1) is 36.3. The molecule has 0 saturated carbocycles. The first-order chi connectivity index (χ1) is 24.1. The zero-order valence-electron chi connectivity index (χ0n) is 25.9. The molecule has 1 atom stereocenters. The molecule has 51 heavy (non-hydrogen) atoms. The molecule has 9 nitrogen and oxygen atoms in total. The fourth-order valence-corrected chi connectivity index (χ4v) is 5.49. The topological polar surface area (TPSA) is 134 Å². The fraction of sp³-hybridized carbons (Fsp3) is 0.114. The van der Waals surface area contributed by atoms with Crippen LogP contribution in [0.3, 0.4) is 0 Å². The predicted molar refractivity (Wildman–Crippen MR) is 172 cm³/mol. The van der Waals surface area contributed by atoms with Crippen molar-refractivity contribution in [1.82, 2.24) is 14.5 Å². The summed E-state index contributed by atoms with van der Waals surface area (Å²) < 4.78 is 72.0. The molecule has 0 saturated heterocycles. The molecule has 0 amide bonds. The van der Waals surface area contributed by atoms with Crippen molar-refractivity contribution in [3.63, 3.8) is 0 Å². The van der Waals surface area contributed by atoms with Crippen LogP contribution in [0.5, 0.6) is 0 Å². The molecule has 16 heteroatoms. The average Bonchev–Trinajstić information content (AvgIpc) is 3.08. The fourth-order valence-electron chi connectivity index (χ4n) is 5.09. The largest absolute Gasteiger partial charge is 0.542 e. The summed E-state index contributed by atoms with van der Waals surface area (Å²) in [5, 5.41) is 14.7. The van der Waals surface area contributed by atoms with Crippen LogP contribution >= 0.6 is 11.6 Å². The Labute approximate surface area is 289 Å². The normalized spacial score (nSPS) is 13.0. The third-order valence-corrected chi connectivity index (χ3v) is 7.77. The quantitative estimate of drug-likeness (QED) is 0.192. The minimum Gasteiger partial charge on any atom is -0.542 e. The number of nitrogens with one attached hydrogen (secondary N) is 1. The van der Waals surface area contributed by atoms with E-state index in [1.165, 1.54) is 29.1 Å². The van der Waals surface area contributed by atoms with E-state index in [-0.39, 0.29) is 16.2 Å². The molecule has 260 valence electrons. The summed E-state index contributed by atoms with van der Waals surface area (Å²) >= 11 is 7.08. The lowest BCUT2D eigenvalue weighted by Gasteiger charge is -2.24. The van der Waals surface area contributed by atoms with Gasteiger partial charge in [-0.1, -0.05) is 53.8 Å². The number of carboxylic acid groups (broad SMARTS) is 1. The van der Waals surface area contributed by atoms with Crippen LogP contribution in [0.15, 0.2) is 96.2 Å². The number of anilines is 1. The van der Waals surface area contributed by atoms with Crippen molar-refractivity contribution in [3.8, 4) is 17.5 Å². The summed E-state index contributed by atoms with van der Waals surface area (Å²) in [5.74, 6) is 3.33. The Bertz CT molecular complexity index is 2300. The van der Waals surface area contributed by atoms with Gasteiger partial charge in [-0.2, -0.15) is 31.3 Å². The molecule has 0 unspecified atom stereocenters. The van der Waals surface area contributed by atoms with Gasteiger partial charge in [-0.3, -0.25) is 19.5 Å². The molecule has 2 aromatic heterocycles. The van der Waals surface area contributed by atoms with Crippen LogP contribution in [0.4, 0.5) is 38.0 Å². The number of nitrogens with zero attached hydrogens (tertiary/aromatic N) is 3. The van der Waals surface area contributed by atoms with Crippen LogP contribution in [-0.2, 0) is 11.0 Å². The molecule has 0 aliphatic carbocycles. The second-order valence-electron chi connectivity index (χ2n) is 10.8. The maximum Gasteiger partial charge on any atom is 0.430 e. The van der Waals surface area contributed by atoms with E-state index < -0.39 is 35.5 Å². The summed E-state index contributed by atoms with van der Waals surface area (Å²) in [4.78, 5) is 44.3. The van der Waals surface area contributed by atoms with Gasteiger partial charge in [-0.15, -0.1) is 0 Å². The van der Waals surface area contributed by atoms with Crippen LogP contribution in [0.25, 0.3) is 16.5 Å². The Morgan fingerprint density at radius 3 is 2.24 bits per heavy atom. The molecule has 6 rings (SSSR count). The lowest BCUT2D eigenvalue weighted by Crippen LogP contribution is -2.73. The van der Waals surface area contributed by atoms with Gasteiger partial charge in [-0.05, 0) is 49.4 Å². The minimum absolute atomic E-state index is 0.251. The smallest absolute Gasteiger partial charge is 0.430 e. The van der Waals surface area contributed by atoms with Gasteiger partial charge >= 0.3 is 12.4 Å². The number of hydrogen-bond donors (Lipinski definition) is 2. The number of pyridine rings is 1. The van der Waals surface area contributed by atoms with Gasteiger partial charge < -0.3 is 15.2 Å².